The van der Waals surface area contributed by atoms with E-state index in [9.17, 15) is 33.0 Å². The first-order valence-corrected chi connectivity index (χ1v) is 20.7. The standard InChI is InChI=1S/C39H43N3O11SSi/c1-7-42(8-2)26-12-16-31-35(22-26)53-34-20-24(3)10-14-30(34)36(31)28-15-11-25(21-33(28)39(46)47)41-37(43)32-23-27(13-17-29(32)38(44)45)54(48,49)40-18-9-19-55(50-4,51-5)52-6/h10-17,20-23,40H,3,7-9,18-19H2,1-2,4-6H3,(H,41,43)(H,44,45)(H,46,47). The van der Waals surface area contributed by atoms with Crippen LogP contribution in [-0.2, 0) is 23.3 Å². The van der Waals surface area contributed by atoms with Crippen molar-refractivity contribution in [2.45, 2.75) is 31.2 Å². The van der Waals surface area contributed by atoms with Gasteiger partial charge in [-0.15, -0.1) is 0 Å². The minimum atomic E-state index is -4.20. The number of carbonyl (C=O) groups is 3. The van der Waals surface area contributed by atoms with Crippen LogP contribution in [0.5, 0.6) is 11.5 Å². The molecule has 14 nitrogen and oxygen atoms in total. The van der Waals surface area contributed by atoms with E-state index in [2.05, 4.69) is 21.5 Å². The summed E-state index contributed by atoms with van der Waals surface area (Å²) in [6, 6.07) is 18.8. The predicted molar refractivity (Wildman–Crippen MR) is 209 cm³/mol. The zero-order valence-corrected chi connectivity index (χ0v) is 32.9. The fourth-order valence-corrected chi connectivity index (χ4v) is 9.25. The van der Waals surface area contributed by atoms with Crippen LogP contribution >= 0.6 is 0 Å². The number of aromatic carboxylic acids is 2. The molecule has 16 heteroatoms. The molecule has 4 aromatic carbocycles. The molecule has 0 saturated carbocycles. The van der Waals surface area contributed by atoms with Gasteiger partial charge in [-0.3, -0.25) is 4.79 Å². The van der Waals surface area contributed by atoms with Crippen molar-refractivity contribution >= 4 is 60.2 Å². The Morgan fingerprint density at radius 1 is 0.800 bits per heavy atom. The zero-order chi connectivity index (χ0) is 40.1. The molecular weight excluding hydrogens is 747 g/mol. The Morgan fingerprint density at radius 3 is 2.11 bits per heavy atom. The molecule has 0 bridgehead atoms. The molecule has 55 heavy (non-hydrogen) atoms. The lowest BCUT2D eigenvalue weighted by Gasteiger charge is -2.26. The van der Waals surface area contributed by atoms with E-state index in [1.165, 1.54) is 33.5 Å². The van der Waals surface area contributed by atoms with Crippen molar-refractivity contribution in [1.82, 2.24) is 4.72 Å². The van der Waals surface area contributed by atoms with E-state index in [0.29, 0.717) is 51.1 Å². The SMILES string of the molecule is C=c1ccc2c(c1)Oc1cc(N(CC)CC)ccc1C=2c1ccc(NC(=O)c2cc(S(=O)(=O)NCCC[Si](OC)(OC)OC)ccc2C(=O)O)cc1C(=O)O. The highest BCUT2D eigenvalue weighted by molar-refractivity contribution is 7.89. The van der Waals surface area contributed by atoms with Gasteiger partial charge in [0.2, 0.25) is 10.0 Å². The number of carboxylic acid groups (broad SMARTS) is 2. The molecule has 1 aliphatic heterocycles. The lowest BCUT2D eigenvalue weighted by atomic mass is 9.89. The molecule has 0 spiro atoms. The van der Waals surface area contributed by atoms with E-state index in [-0.39, 0.29) is 22.7 Å². The predicted octanol–water partition coefficient (Wildman–Crippen LogP) is 4.49. The molecule has 1 heterocycles. The Morgan fingerprint density at radius 2 is 1.47 bits per heavy atom. The fourth-order valence-electron chi connectivity index (χ4n) is 6.43. The first-order valence-electron chi connectivity index (χ1n) is 17.3. The maximum absolute atomic E-state index is 13.6. The molecule has 0 fully saturated rings. The van der Waals surface area contributed by atoms with Gasteiger partial charge in [-0.1, -0.05) is 24.8 Å². The highest BCUT2D eigenvalue weighted by atomic mass is 32.2. The third-order valence-electron chi connectivity index (χ3n) is 9.34. The van der Waals surface area contributed by atoms with E-state index >= 15 is 0 Å². The number of benzene rings is 4. The number of fused-ring (bicyclic) bond motifs is 2. The summed E-state index contributed by atoms with van der Waals surface area (Å²) < 4.78 is 51.3. The van der Waals surface area contributed by atoms with E-state index < -0.39 is 47.8 Å². The van der Waals surface area contributed by atoms with Crippen molar-refractivity contribution in [2.24, 2.45) is 0 Å². The molecular formula is C39H43N3O11SSi. The first kappa shape index (κ1) is 40.8. The van der Waals surface area contributed by atoms with Gasteiger partial charge in [-0.05, 0) is 79.6 Å². The normalized spacial score (nSPS) is 12.3. The maximum atomic E-state index is 13.6. The number of hydrogen-bond donors (Lipinski definition) is 4. The van der Waals surface area contributed by atoms with Crippen LogP contribution in [0.3, 0.4) is 0 Å². The topological polar surface area (TPSA) is 190 Å². The van der Waals surface area contributed by atoms with Crippen molar-refractivity contribution in [3.05, 3.63) is 111 Å². The Balaban J connectivity index is 1.49. The summed E-state index contributed by atoms with van der Waals surface area (Å²) in [5.74, 6) is -2.68. The van der Waals surface area contributed by atoms with Gasteiger partial charge in [0.05, 0.1) is 21.6 Å². The summed E-state index contributed by atoms with van der Waals surface area (Å²) in [4.78, 5) is 40.4. The van der Waals surface area contributed by atoms with Gasteiger partial charge in [-0.2, -0.15) is 0 Å². The third kappa shape index (κ3) is 8.64. The molecule has 4 aromatic rings. The smallest absolute Gasteiger partial charge is 0.478 e. The average molecular weight is 790 g/mol. The number of sulfonamides is 1. The summed E-state index contributed by atoms with van der Waals surface area (Å²) >= 11 is 0. The largest absolute Gasteiger partial charge is 0.500 e. The molecule has 0 unspecified atom stereocenters. The average Bonchev–Trinajstić information content (AvgIpc) is 3.17. The Kier molecular flexibility index (Phi) is 12.6. The van der Waals surface area contributed by atoms with Crippen LogP contribution in [0, 0.1) is 0 Å². The summed E-state index contributed by atoms with van der Waals surface area (Å²) in [6.07, 6.45) is 0.307. The molecule has 0 aliphatic carbocycles. The van der Waals surface area contributed by atoms with Crippen LogP contribution in [0.1, 0.15) is 62.5 Å². The monoisotopic (exact) mass is 789 g/mol. The van der Waals surface area contributed by atoms with Gasteiger partial charge in [-0.25, -0.2) is 22.7 Å². The summed E-state index contributed by atoms with van der Waals surface area (Å²) in [5, 5.41) is 24.2. The number of carbonyl (C=O) groups excluding carboxylic acids is 1. The summed E-state index contributed by atoms with van der Waals surface area (Å²) in [6.45, 7) is 9.64. The van der Waals surface area contributed by atoms with Crippen LogP contribution < -0.4 is 30.1 Å². The Labute approximate surface area is 320 Å². The van der Waals surface area contributed by atoms with Crippen LogP contribution in [-0.4, -0.2) is 86.2 Å². The van der Waals surface area contributed by atoms with E-state index in [4.69, 9.17) is 18.0 Å². The number of ether oxygens (including phenoxy) is 1. The molecule has 290 valence electrons. The quantitative estimate of drug-likeness (QED) is 0.0765. The Bertz CT molecular complexity index is 2350. The van der Waals surface area contributed by atoms with Crippen LogP contribution in [0.4, 0.5) is 11.4 Å². The Hall–Kier alpha value is -5.36. The fraction of sp³-hybridized carbons (Fsp3) is 0.256. The van der Waals surface area contributed by atoms with Crippen LogP contribution in [0.2, 0.25) is 6.04 Å². The maximum Gasteiger partial charge on any atom is 0.500 e. The van der Waals surface area contributed by atoms with E-state index in [1.807, 2.05) is 38.1 Å². The second-order valence-electron chi connectivity index (χ2n) is 12.5. The van der Waals surface area contributed by atoms with Gasteiger partial charge in [0.25, 0.3) is 5.91 Å². The number of nitrogens with one attached hydrogen (secondary N) is 2. The van der Waals surface area contributed by atoms with E-state index in [0.717, 1.165) is 37.0 Å². The molecule has 0 aromatic heterocycles. The van der Waals surface area contributed by atoms with Gasteiger partial charge in [0.1, 0.15) is 11.5 Å². The van der Waals surface area contributed by atoms with E-state index in [1.54, 1.807) is 18.2 Å². The zero-order valence-electron chi connectivity index (χ0n) is 31.1. The number of carboxylic acids is 2. The molecule has 5 rings (SSSR count). The van der Waals surface area contributed by atoms with Gasteiger partial charge in [0.15, 0.2) is 0 Å². The highest BCUT2D eigenvalue weighted by Crippen LogP contribution is 2.39. The van der Waals surface area contributed by atoms with Gasteiger partial charge < -0.3 is 38.4 Å². The molecule has 0 radical (unpaired) electrons. The number of rotatable bonds is 17. The van der Waals surface area contributed by atoms with Crippen LogP contribution in [0.15, 0.2) is 77.7 Å². The van der Waals surface area contributed by atoms with Crippen molar-refractivity contribution in [3.8, 4) is 11.5 Å². The molecule has 1 aliphatic rings. The molecule has 0 atom stereocenters. The molecule has 4 N–H and O–H groups in total. The summed E-state index contributed by atoms with van der Waals surface area (Å²) in [7, 11) is -2.80. The van der Waals surface area contributed by atoms with Crippen molar-refractivity contribution < 1.29 is 51.0 Å². The first-order chi connectivity index (χ1) is 26.2. The second-order valence-corrected chi connectivity index (χ2v) is 17.3. The van der Waals surface area contributed by atoms with Gasteiger partial charge >= 0.3 is 20.7 Å². The lowest BCUT2D eigenvalue weighted by molar-refractivity contribution is 0.0684. The summed E-state index contributed by atoms with van der Waals surface area (Å²) in [5.41, 5.74) is 1.51. The minimum absolute atomic E-state index is 0.0205. The van der Waals surface area contributed by atoms with Crippen molar-refractivity contribution in [3.63, 3.8) is 0 Å². The van der Waals surface area contributed by atoms with Crippen molar-refractivity contribution in [1.29, 1.82) is 0 Å². The van der Waals surface area contributed by atoms with Gasteiger partial charge in [0, 0.05) is 80.8 Å². The number of hydrogen-bond acceptors (Lipinski definition) is 10. The number of anilines is 2. The molecule has 0 saturated heterocycles. The molecule has 1 amide bonds. The highest BCUT2D eigenvalue weighted by Gasteiger charge is 2.37. The lowest BCUT2D eigenvalue weighted by Crippen LogP contribution is -2.43. The second kappa shape index (κ2) is 17.0. The number of nitrogens with zero attached hydrogens (tertiary/aromatic N) is 1. The van der Waals surface area contributed by atoms with Crippen molar-refractivity contribution in [2.75, 3.05) is 51.2 Å². The minimum Gasteiger partial charge on any atom is -0.478 e. The number of amides is 1. The van der Waals surface area contributed by atoms with Crippen LogP contribution in [0.25, 0.3) is 12.2 Å². The third-order valence-corrected chi connectivity index (χ3v) is 13.6.